The van der Waals surface area contributed by atoms with Gasteiger partial charge in [-0.1, -0.05) is 6.92 Å². The Morgan fingerprint density at radius 3 is 2.30 bits per heavy atom. The van der Waals surface area contributed by atoms with E-state index < -0.39 is 6.04 Å². The van der Waals surface area contributed by atoms with Crippen LogP contribution in [0.3, 0.4) is 0 Å². The fourth-order valence-corrected chi connectivity index (χ4v) is 3.83. The van der Waals surface area contributed by atoms with Gasteiger partial charge in [0.1, 0.15) is 6.04 Å². The van der Waals surface area contributed by atoms with Crippen molar-refractivity contribution in [3.8, 4) is 0 Å². The molecule has 7 nitrogen and oxygen atoms in total. The number of nitrogens with zero attached hydrogens (tertiary/aromatic N) is 1. The van der Waals surface area contributed by atoms with Crippen molar-refractivity contribution in [3.05, 3.63) is 0 Å². The Bertz CT molecular complexity index is 473. The molecule has 0 aromatic carbocycles. The van der Waals surface area contributed by atoms with E-state index in [0.717, 1.165) is 24.3 Å². The molecular formula is C15H24ClN3O4. The van der Waals surface area contributed by atoms with Crippen molar-refractivity contribution < 1.29 is 19.1 Å². The molecule has 5 unspecified atom stereocenters. The minimum atomic E-state index is -0.758. The number of nitrogens with one attached hydrogen (secondary N) is 2. The van der Waals surface area contributed by atoms with Crippen molar-refractivity contribution in [1.29, 1.82) is 0 Å². The fraction of sp³-hybridized carbons (Fsp3) is 0.800. The van der Waals surface area contributed by atoms with Crippen molar-refractivity contribution in [2.24, 2.45) is 11.8 Å². The average Bonchev–Trinajstić information content (AvgIpc) is 3.17. The van der Waals surface area contributed by atoms with Gasteiger partial charge < -0.3 is 15.4 Å². The van der Waals surface area contributed by atoms with Crippen molar-refractivity contribution in [2.45, 2.75) is 44.9 Å². The van der Waals surface area contributed by atoms with Crippen molar-refractivity contribution in [1.82, 2.24) is 15.5 Å². The predicted molar refractivity (Wildman–Crippen MR) is 85.0 cm³/mol. The van der Waals surface area contributed by atoms with Crippen molar-refractivity contribution >= 4 is 30.1 Å². The normalized spacial score (nSPS) is 32.7. The summed E-state index contributed by atoms with van der Waals surface area (Å²) in [4.78, 5) is 38.4. The van der Waals surface area contributed by atoms with Crippen LogP contribution in [0, 0.1) is 11.8 Å². The third-order valence-electron chi connectivity index (χ3n) is 4.94. The fourth-order valence-electron chi connectivity index (χ4n) is 3.83. The van der Waals surface area contributed by atoms with Gasteiger partial charge in [0.15, 0.2) is 0 Å². The number of carbonyl (C=O) groups excluding carboxylic acids is 3. The lowest BCUT2D eigenvalue weighted by molar-refractivity contribution is -0.149. The van der Waals surface area contributed by atoms with Gasteiger partial charge >= 0.3 is 0 Å². The first kappa shape index (κ1) is 18.2. The monoisotopic (exact) mass is 345 g/mol. The van der Waals surface area contributed by atoms with Gasteiger partial charge in [-0.25, -0.2) is 0 Å². The Morgan fingerprint density at radius 2 is 1.78 bits per heavy atom. The molecule has 3 rings (SSSR count). The number of hydrogen-bond donors (Lipinski definition) is 2. The van der Waals surface area contributed by atoms with Crippen molar-refractivity contribution in [2.75, 3.05) is 19.6 Å². The highest BCUT2D eigenvalue weighted by molar-refractivity contribution is 6.09. The first-order valence-corrected chi connectivity index (χ1v) is 8.07. The third-order valence-corrected chi connectivity index (χ3v) is 4.94. The molecule has 0 spiro atoms. The molecule has 2 bridgehead atoms. The molecule has 0 saturated carbocycles. The number of halogens is 1. The van der Waals surface area contributed by atoms with Crippen LogP contribution in [0.1, 0.15) is 26.7 Å². The van der Waals surface area contributed by atoms with Gasteiger partial charge in [0, 0.05) is 13.1 Å². The number of ether oxygens (including phenoxy) is 1. The Balaban J connectivity index is 0.00000192. The van der Waals surface area contributed by atoms with E-state index in [1.54, 1.807) is 6.92 Å². The van der Waals surface area contributed by atoms with E-state index in [2.05, 4.69) is 10.6 Å². The molecule has 3 fully saturated rings. The van der Waals surface area contributed by atoms with Crippen LogP contribution in [0.4, 0.5) is 0 Å². The number of imide groups is 1. The summed E-state index contributed by atoms with van der Waals surface area (Å²) in [5.41, 5.74) is 0. The smallest absolute Gasteiger partial charge is 0.243 e. The zero-order valence-corrected chi connectivity index (χ0v) is 14.2. The summed E-state index contributed by atoms with van der Waals surface area (Å²) in [5, 5.41) is 5.86. The number of hydrogen-bond acceptors (Lipinski definition) is 5. The van der Waals surface area contributed by atoms with Gasteiger partial charge in [0.25, 0.3) is 0 Å². The number of carbonyl (C=O) groups is 3. The Labute approximate surface area is 141 Å². The molecule has 5 atom stereocenters. The summed E-state index contributed by atoms with van der Waals surface area (Å²) in [5.74, 6) is -1.51. The van der Waals surface area contributed by atoms with E-state index in [-0.39, 0.29) is 54.2 Å². The van der Waals surface area contributed by atoms with E-state index in [4.69, 9.17) is 4.74 Å². The van der Waals surface area contributed by atoms with E-state index in [9.17, 15) is 14.4 Å². The maximum atomic E-state index is 12.5. The zero-order chi connectivity index (χ0) is 15.9. The molecule has 0 radical (unpaired) electrons. The van der Waals surface area contributed by atoms with Crippen LogP contribution >= 0.6 is 12.4 Å². The molecule has 3 amide bonds. The molecule has 3 saturated heterocycles. The topological polar surface area (TPSA) is 87.7 Å². The maximum absolute atomic E-state index is 12.5. The van der Waals surface area contributed by atoms with Crippen LogP contribution in [0.15, 0.2) is 0 Å². The molecule has 8 heteroatoms. The van der Waals surface area contributed by atoms with E-state index in [1.807, 2.05) is 6.92 Å². The lowest BCUT2D eigenvalue weighted by Gasteiger charge is -2.23. The minimum Gasteiger partial charge on any atom is -0.373 e. The third kappa shape index (κ3) is 2.97. The summed E-state index contributed by atoms with van der Waals surface area (Å²) in [6.07, 6.45) is 1.39. The van der Waals surface area contributed by atoms with E-state index in [1.165, 1.54) is 0 Å². The van der Waals surface area contributed by atoms with E-state index in [0.29, 0.717) is 13.1 Å². The maximum Gasteiger partial charge on any atom is 0.243 e. The van der Waals surface area contributed by atoms with Crippen LogP contribution in [0.2, 0.25) is 0 Å². The standard InChI is InChI=1S/C15H23N3O4.ClH/c1-3-16-6-7-17-13(19)8(2)18-14(20)11-9-4-5-10(22-9)12(11)15(18)21;/h8-12,16H,3-7H2,1-2H3,(H,17,19);1H. The van der Waals surface area contributed by atoms with Crippen LogP contribution in [-0.4, -0.2) is 60.5 Å². The zero-order valence-electron chi connectivity index (χ0n) is 13.4. The first-order valence-electron chi connectivity index (χ1n) is 8.07. The van der Waals surface area contributed by atoms with Gasteiger partial charge in [-0.2, -0.15) is 0 Å². The Hall–Kier alpha value is -1.18. The highest BCUT2D eigenvalue weighted by atomic mass is 35.5. The van der Waals surface area contributed by atoms with E-state index >= 15 is 0 Å². The number of likely N-dealkylation sites (N-methyl/N-ethyl adjacent to an activating group) is 1. The molecule has 0 aliphatic carbocycles. The minimum absolute atomic E-state index is 0. The SMILES string of the molecule is CCNCCNC(=O)C(C)N1C(=O)C2C3CCC(O3)C2C1=O.Cl. The second-order valence-electron chi connectivity index (χ2n) is 6.21. The molecule has 3 aliphatic heterocycles. The van der Waals surface area contributed by atoms with Crippen LogP contribution in [0.5, 0.6) is 0 Å². The van der Waals surface area contributed by atoms with Crippen LogP contribution < -0.4 is 10.6 Å². The van der Waals surface area contributed by atoms with Crippen LogP contribution in [-0.2, 0) is 19.1 Å². The molecule has 0 aromatic rings. The largest absolute Gasteiger partial charge is 0.373 e. The number of likely N-dealkylation sites (tertiary alicyclic amines) is 1. The molecule has 23 heavy (non-hydrogen) atoms. The number of fused-ring (bicyclic) bond motifs is 5. The number of amides is 3. The van der Waals surface area contributed by atoms with Crippen molar-refractivity contribution in [3.63, 3.8) is 0 Å². The Morgan fingerprint density at radius 1 is 1.22 bits per heavy atom. The lowest BCUT2D eigenvalue weighted by atomic mass is 9.81. The average molecular weight is 346 g/mol. The first-order chi connectivity index (χ1) is 10.6. The summed E-state index contributed by atoms with van der Waals surface area (Å²) in [6, 6.07) is -0.758. The van der Waals surface area contributed by atoms with Gasteiger partial charge in [0.2, 0.25) is 17.7 Å². The second kappa shape index (κ2) is 7.15. The number of rotatable bonds is 6. The second-order valence-corrected chi connectivity index (χ2v) is 6.21. The summed E-state index contributed by atoms with van der Waals surface area (Å²) in [6.45, 7) is 5.58. The molecular weight excluding hydrogens is 322 g/mol. The van der Waals surface area contributed by atoms with Crippen LogP contribution in [0.25, 0.3) is 0 Å². The highest BCUT2D eigenvalue weighted by Gasteiger charge is 2.63. The lowest BCUT2D eigenvalue weighted by Crippen LogP contribution is -2.50. The molecule has 3 aliphatic rings. The van der Waals surface area contributed by atoms with Gasteiger partial charge in [-0.05, 0) is 26.3 Å². The molecule has 130 valence electrons. The van der Waals surface area contributed by atoms with Gasteiger partial charge in [-0.15, -0.1) is 12.4 Å². The van der Waals surface area contributed by atoms with Gasteiger partial charge in [-0.3, -0.25) is 19.3 Å². The summed E-state index contributed by atoms with van der Waals surface area (Å²) < 4.78 is 5.68. The molecule has 0 aromatic heterocycles. The summed E-state index contributed by atoms with van der Waals surface area (Å²) >= 11 is 0. The molecule has 2 N–H and O–H groups in total. The molecule has 3 heterocycles. The quantitative estimate of drug-likeness (QED) is 0.509. The Kier molecular flexibility index (Phi) is 5.65. The predicted octanol–water partition coefficient (Wildman–Crippen LogP) is -0.315. The summed E-state index contributed by atoms with van der Waals surface area (Å²) in [7, 11) is 0. The van der Waals surface area contributed by atoms with Gasteiger partial charge in [0.05, 0.1) is 24.0 Å². The highest BCUT2D eigenvalue weighted by Crippen LogP contribution is 2.48.